The fourth-order valence-corrected chi connectivity index (χ4v) is 2.98. The van der Waals surface area contributed by atoms with Crippen LogP contribution in [-0.2, 0) is 20.9 Å². The molecule has 0 aliphatic carbocycles. The van der Waals surface area contributed by atoms with Gasteiger partial charge >= 0.3 is 5.97 Å². The van der Waals surface area contributed by atoms with E-state index in [4.69, 9.17) is 5.11 Å². The van der Waals surface area contributed by atoms with E-state index in [-0.39, 0.29) is 37.6 Å². The maximum absolute atomic E-state index is 12.9. The highest BCUT2D eigenvalue weighted by molar-refractivity contribution is 5.85. The van der Waals surface area contributed by atoms with Crippen molar-refractivity contribution < 1.29 is 19.5 Å². The summed E-state index contributed by atoms with van der Waals surface area (Å²) in [4.78, 5) is 37.5. The lowest BCUT2D eigenvalue weighted by Crippen LogP contribution is -2.37. The molecule has 2 aromatic rings. The van der Waals surface area contributed by atoms with Crippen LogP contribution in [0.15, 0.2) is 54.6 Å². The van der Waals surface area contributed by atoms with Gasteiger partial charge in [-0.1, -0.05) is 42.5 Å². The summed E-state index contributed by atoms with van der Waals surface area (Å²) in [6.45, 7) is 0.545. The van der Waals surface area contributed by atoms with Gasteiger partial charge < -0.3 is 20.6 Å². The van der Waals surface area contributed by atoms with Crippen LogP contribution in [0.3, 0.4) is 0 Å². The van der Waals surface area contributed by atoms with E-state index in [0.29, 0.717) is 6.54 Å². The highest BCUT2D eigenvalue weighted by atomic mass is 16.4. The zero-order chi connectivity index (χ0) is 21.9. The van der Waals surface area contributed by atoms with Crippen LogP contribution < -0.4 is 15.5 Å². The molecule has 0 saturated heterocycles. The second-order valence-electron chi connectivity index (χ2n) is 7.29. The van der Waals surface area contributed by atoms with Gasteiger partial charge in [-0.2, -0.15) is 0 Å². The Morgan fingerprint density at radius 3 is 2.20 bits per heavy atom. The lowest BCUT2D eigenvalue weighted by Gasteiger charge is -2.18. The number of carbonyl (C=O) groups excluding carboxylic acids is 2. The van der Waals surface area contributed by atoms with E-state index in [1.807, 2.05) is 73.6 Å². The Kier molecular flexibility index (Phi) is 8.87. The molecule has 0 bridgehead atoms. The van der Waals surface area contributed by atoms with Gasteiger partial charge in [-0.25, -0.2) is 0 Å². The Morgan fingerprint density at radius 1 is 0.933 bits per heavy atom. The van der Waals surface area contributed by atoms with Gasteiger partial charge in [0.05, 0.1) is 5.92 Å². The lowest BCUT2D eigenvalue weighted by atomic mass is 9.97. The van der Waals surface area contributed by atoms with Crippen molar-refractivity contribution in [3.05, 3.63) is 65.7 Å². The molecule has 0 heterocycles. The fraction of sp³-hybridized carbons (Fsp3) is 0.348. The summed E-state index contributed by atoms with van der Waals surface area (Å²) in [5.74, 6) is -1.90. The molecule has 7 heteroatoms. The van der Waals surface area contributed by atoms with Crippen molar-refractivity contribution in [1.82, 2.24) is 10.6 Å². The predicted octanol–water partition coefficient (Wildman–Crippen LogP) is 2.52. The van der Waals surface area contributed by atoms with Crippen molar-refractivity contribution in [2.45, 2.75) is 31.7 Å². The van der Waals surface area contributed by atoms with Crippen molar-refractivity contribution >= 4 is 23.5 Å². The summed E-state index contributed by atoms with van der Waals surface area (Å²) in [5.41, 5.74) is 2.88. The summed E-state index contributed by atoms with van der Waals surface area (Å²) in [7, 11) is 3.94. The topological polar surface area (TPSA) is 98.7 Å². The molecule has 0 spiro atoms. The van der Waals surface area contributed by atoms with E-state index in [2.05, 4.69) is 10.6 Å². The second kappa shape index (κ2) is 11.6. The maximum atomic E-state index is 12.9. The number of benzene rings is 2. The van der Waals surface area contributed by atoms with Gasteiger partial charge in [0, 0.05) is 45.7 Å². The third-order valence-electron chi connectivity index (χ3n) is 4.74. The van der Waals surface area contributed by atoms with Gasteiger partial charge in [-0.15, -0.1) is 0 Å². The van der Waals surface area contributed by atoms with E-state index < -0.39 is 11.9 Å². The molecule has 2 rings (SSSR count). The molecular weight excluding hydrogens is 382 g/mol. The zero-order valence-corrected chi connectivity index (χ0v) is 17.4. The van der Waals surface area contributed by atoms with Gasteiger partial charge in [-0.3, -0.25) is 14.4 Å². The maximum Gasteiger partial charge on any atom is 0.303 e. The molecule has 0 unspecified atom stereocenters. The van der Waals surface area contributed by atoms with Gasteiger partial charge in [0.15, 0.2) is 0 Å². The van der Waals surface area contributed by atoms with Crippen LogP contribution in [0.1, 0.15) is 36.3 Å². The molecular formula is C23H29N3O4. The van der Waals surface area contributed by atoms with Crippen LogP contribution in [-0.4, -0.2) is 43.5 Å². The number of aliphatic carboxylic acids is 1. The molecule has 2 amide bonds. The number of carbonyl (C=O) groups is 3. The summed E-state index contributed by atoms with van der Waals surface area (Å²) in [6.07, 6.45) is 0.336. The van der Waals surface area contributed by atoms with Gasteiger partial charge in [-0.05, 0) is 29.7 Å². The Morgan fingerprint density at radius 2 is 1.60 bits per heavy atom. The van der Waals surface area contributed by atoms with Gasteiger partial charge in [0.25, 0.3) is 0 Å². The van der Waals surface area contributed by atoms with E-state index >= 15 is 0 Å². The summed E-state index contributed by atoms with van der Waals surface area (Å²) in [6, 6.07) is 17.2. The summed E-state index contributed by atoms with van der Waals surface area (Å²) >= 11 is 0. The lowest BCUT2D eigenvalue weighted by molar-refractivity contribution is -0.137. The van der Waals surface area contributed by atoms with Crippen molar-refractivity contribution in [3.8, 4) is 0 Å². The van der Waals surface area contributed by atoms with E-state index in [9.17, 15) is 14.4 Å². The number of hydrogen-bond donors (Lipinski definition) is 3. The van der Waals surface area contributed by atoms with Crippen molar-refractivity contribution in [2.75, 3.05) is 25.5 Å². The normalized spacial score (nSPS) is 11.4. The molecule has 7 nitrogen and oxygen atoms in total. The van der Waals surface area contributed by atoms with Crippen LogP contribution in [0.2, 0.25) is 0 Å². The Labute approximate surface area is 177 Å². The quantitative estimate of drug-likeness (QED) is 0.528. The Balaban J connectivity index is 1.96. The van der Waals surface area contributed by atoms with E-state index in [1.165, 1.54) is 0 Å². The highest BCUT2D eigenvalue weighted by Gasteiger charge is 2.21. The molecule has 0 aromatic heterocycles. The largest absolute Gasteiger partial charge is 0.481 e. The van der Waals surface area contributed by atoms with Crippen molar-refractivity contribution in [3.63, 3.8) is 0 Å². The minimum absolute atomic E-state index is 0.0529. The first-order valence-electron chi connectivity index (χ1n) is 9.94. The standard InChI is InChI=1S/C23H29N3O4/c1-26(2)19-13-11-17(12-14-19)15-25-23(30)20(18-7-4-3-5-8-18)16-24-21(27)9-6-10-22(28)29/h3-5,7-8,11-14,20H,6,9-10,15-16H2,1-2H3,(H,24,27)(H,25,30)(H,28,29)/t20-/m1/s1. The molecule has 0 saturated carbocycles. The van der Waals surface area contributed by atoms with Crippen molar-refractivity contribution in [2.24, 2.45) is 0 Å². The number of carboxylic acids is 1. The minimum atomic E-state index is -0.928. The van der Waals surface area contributed by atoms with E-state index in [1.54, 1.807) is 0 Å². The molecule has 0 radical (unpaired) electrons. The minimum Gasteiger partial charge on any atom is -0.481 e. The monoisotopic (exact) mass is 411 g/mol. The molecule has 0 aliphatic rings. The third-order valence-corrected chi connectivity index (χ3v) is 4.74. The molecule has 30 heavy (non-hydrogen) atoms. The van der Waals surface area contributed by atoms with Crippen LogP contribution in [0.4, 0.5) is 5.69 Å². The number of nitrogens with zero attached hydrogens (tertiary/aromatic N) is 1. The molecule has 2 aromatic carbocycles. The summed E-state index contributed by atoms with van der Waals surface area (Å²) < 4.78 is 0. The number of hydrogen-bond acceptors (Lipinski definition) is 4. The molecule has 160 valence electrons. The van der Waals surface area contributed by atoms with Crippen LogP contribution in [0.5, 0.6) is 0 Å². The average molecular weight is 412 g/mol. The van der Waals surface area contributed by atoms with Crippen LogP contribution in [0.25, 0.3) is 0 Å². The van der Waals surface area contributed by atoms with Crippen LogP contribution >= 0.6 is 0 Å². The smallest absolute Gasteiger partial charge is 0.303 e. The predicted molar refractivity (Wildman–Crippen MR) is 116 cm³/mol. The zero-order valence-electron chi connectivity index (χ0n) is 17.4. The second-order valence-corrected chi connectivity index (χ2v) is 7.29. The number of amides is 2. The molecule has 0 fully saturated rings. The SMILES string of the molecule is CN(C)c1ccc(CNC(=O)[C@H](CNC(=O)CCCC(=O)O)c2ccccc2)cc1. The average Bonchev–Trinajstić information content (AvgIpc) is 2.73. The summed E-state index contributed by atoms with van der Waals surface area (Å²) in [5, 5.41) is 14.4. The van der Waals surface area contributed by atoms with Crippen molar-refractivity contribution in [1.29, 1.82) is 0 Å². The molecule has 3 N–H and O–H groups in total. The van der Waals surface area contributed by atoms with Gasteiger partial charge in [0.1, 0.15) is 0 Å². The molecule has 0 aliphatic heterocycles. The Hall–Kier alpha value is -3.35. The number of anilines is 1. The fourth-order valence-electron chi connectivity index (χ4n) is 2.98. The first-order valence-corrected chi connectivity index (χ1v) is 9.94. The van der Waals surface area contributed by atoms with E-state index in [0.717, 1.165) is 16.8 Å². The number of nitrogens with one attached hydrogen (secondary N) is 2. The first kappa shape index (κ1) is 22.9. The first-order chi connectivity index (χ1) is 14.4. The number of rotatable bonds is 11. The number of carboxylic acid groups (broad SMARTS) is 1. The van der Waals surface area contributed by atoms with Gasteiger partial charge in [0.2, 0.25) is 11.8 Å². The third kappa shape index (κ3) is 7.58. The highest BCUT2D eigenvalue weighted by Crippen LogP contribution is 2.16. The molecule has 1 atom stereocenters. The Bertz CT molecular complexity index is 835. The van der Waals surface area contributed by atoms with Crippen LogP contribution in [0, 0.1) is 0 Å².